The number of allylic oxidation sites excluding steroid dienone is 2. The average molecular weight is 423 g/mol. The molecule has 3 atom stereocenters. The van der Waals surface area contributed by atoms with Gasteiger partial charge in [0.25, 0.3) is 0 Å². The molecular weight excluding hydrogens is 396 g/mol. The molecule has 2 aromatic rings. The third kappa shape index (κ3) is 3.60. The van der Waals surface area contributed by atoms with Crippen LogP contribution in [0, 0.1) is 5.92 Å². The number of ketones is 1. The van der Waals surface area contributed by atoms with E-state index in [0.717, 1.165) is 27.5 Å². The molecule has 2 heterocycles. The summed E-state index contributed by atoms with van der Waals surface area (Å²) in [7, 11) is 5.41. The van der Waals surface area contributed by atoms with Crippen LogP contribution < -0.4 is 4.90 Å². The summed E-state index contributed by atoms with van der Waals surface area (Å²) in [4.78, 5) is 33.8. The zero-order valence-corrected chi connectivity index (χ0v) is 18.5. The molecule has 0 saturated heterocycles. The number of hydrogen-bond acceptors (Lipinski definition) is 6. The van der Waals surface area contributed by atoms with Gasteiger partial charge >= 0.3 is 5.97 Å². The minimum absolute atomic E-state index is 0.0847. The van der Waals surface area contributed by atoms with E-state index < -0.39 is 5.92 Å². The van der Waals surface area contributed by atoms with Crippen molar-refractivity contribution in [2.45, 2.75) is 31.6 Å². The van der Waals surface area contributed by atoms with Crippen molar-refractivity contribution in [1.29, 1.82) is 0 Å². The van der Waals surface area contributed by atoms with Crippen molar-refractivity contribution < 1.29 is 14.3 Å². The lowest BCUT2D eigenvalue weighted by molar-refractivity contribution is -0.143. The number of anilines is 1. The molecule has 0 amide bonds. The van der Waals surface area contributed by atoms with Crippen molar-refractivity contribution in [3.8, 4) is 0 Å². The van der Waals surface area contributed by atoms with E-state index in [1.54, 1.807) is 11.3 Å². The number of carbonyl (C=O) groups is 2. The molecule has 2 aliphatic rings. The Labute approximate surface area is 181 Å². The second-order valence-electron chi connectivity index (χ2n) is 8.12. The van der Waals surface area contributed by atoms with E-state index in [2.05, 4.69) is 29.2 Å². The van der Waals surface area contributed by atoms with Crippen molar-refractivity contribution in [1.82, 2.24) is 0 Å². The van der Waals surface area contributed by atoms with Gasteiger partial charge in [-0.25, -0.2) is 0 Å². The fourth-order valence-electron chi connectivity index (χ4n) is 4.55. The first kappa shape index (κ1) is 20.5. The Hall–Kier alpha value is -2.73. The van der Waals surface area contributed by atoms with Crippen LogP contribution in [0.3, 0.4) is 0 Å². The average Bonchev–Trinajstić information content (AvgIpc) is 3.26. The number of rotatable bonds is 4. The van der Waals surface area contributed by atoms with Gasteiger partial charge in [-0.1, -0.05) is 18.2 Å². The maximum Gasteiger partial charge on any atom is 0.315 e. The lowest BCUT2D eigenvalue weighted by atomic mass is 9.71. The fraction of sp³-hybridized carbons (Fsp3) is 0.375. The Morgan fingerprint density at radius 2 is 1.90 bits per heavy atom. The highest BCUT2D eigenvalue weighted by molar-refractivity contribution is 7.10. The Morgan fingerprint density at radius 3 is 2.50 bits per heavy atom. The zero-order chi connectivity index (χ0) is 21.4. The first-order chi connectivity index (χ1) is 14.4. The highest BCUT2D eigenvalue weighted by Gasteiger charge is 2.44. The number of aliphatic imine (C=N–C) groups is 1. The van der Waals surface area contributed by atoms with Gasteiger partial charge < -0.3 is 9.64 Å². The lowest BCUT2D eigenvalue weighted by Gasteiger charge is -2.35. The molecule has 6 heteroatoms. The first-order valence-electron chi connectivity index (χ1n) is 10.1. The third-order valence-corrected chi connectivity index (χ3v) is 7.03. The van der Waals surface area contributed by atoms with Crippen molar-refractivity contribution >= 4 is 34.5 Å². The molecule has 1 aliphatic heterocycles. The summed E-state index contributed by atoms with van der Waals surface area (Å²) < 4.78 is 5.07. The Morgan fingerprint density at radius 1 is 1.17 bits per heavy atom. The molecule has 1 aromatic carbocycles. The topological polar surface area (TPSA) is 59.0 Å². The summed E-state index contributed by atoms with van der Waals surface area (Å²) in [5, 5.41) is 1.98. The van der Waals surface area contributed by atoms with Crippen LogP contribution in [-0.4, -0.2) is 38.7 Å². The minimum atomic E-state index is -0.549. The molecule has 0 spiro atoms. The molecule has 0 saturated carbocycles. The molecule has 0 radical (unpaired) electrons. The Bertz CT molecular complexity index is 1020. The number of nitrogens with zero attached hydrogens (tertiary/aromatic N) is 2. The quantitative estimate of drug-likeness (QED) is 0.678. The summed E-state index contributed by atoms with van der Waals surface area (Å²) in [5.74, 6) is -1.01. The number of ether oxygens (including phenoxy) is 1. The van der Waals surface area contributed by atoms with Gasteiger partial charge in [-0.2, -0.15) is 0 Å². The molecule has 0 bridgehead atoms. The summed E-state index contributed by atoms with van der Waals surface area (Å²) in [6, 6.07) is 12.3. The number of Topliss-reactive ketones (excluding diaryl/α,β-unsaturated/α-hetero) is 1. The maximum absolute atomic E-state index is 13.4. The smallest absolute Gasteiger partial charge is 0.315 e. The van der Waals surface area contributed by atoms with Gasteiger partial charge in [0.2, 0.25) is 0 Å². The summed E-state index contributed by atoms with van der Waals surface area (Å²) in [5.41, 5.74) is 4.51. The normalized spacial score (nSPS) is 23.7. The number of methoxy groups -OCH3 is 1. The third-order valence-electron chi connectivity index (χ3n) is 6.07. The van der Waals surface area contributed by atoms with Crippen LogP contribution in [0.25, 0.3) is 0 Å². The van der Waals surface area contributed by atoms with Crippen LogP contribution in [0.1, 0.15) is 42.0 Å². The monoisotopic (exact) mass is 422 g/mol. The van der Waals surface area contributed by atoms with E-state index in [1.807, 2.05) is 38.5 Å². The van der Waals surface area contributed by atoms with Crippen LogP contribution in [0.4, 0.5) is 5.69 Å². The van der Waals surface area contributed by atoms with Crippen molar-refractivity contribution in [2.75, 3.05) is 26.1 Å². The first-order valence-corrected chi connectivity index (χ1v) is 11.0. The number of thiophene rings is 1. The van der Waals surface area contributed by atoms with Gasteiger partial charge in [0.15, 0.2) is 5.78 Å². The number of carbonyl (C=O) groups excluding carboxylic acids is 2. The van der Waals surface area contributed by atoms with Gasteiger partial charge in [0.1, 0.15) is 5.92 Å². The Kier molecular flexibility index (Phi) is 5.60. The second kappa shape index (κ2) is 8.19. The van der Waals surface area contributed by atoms with E-state index in [-0.39, 0.29) is 23.6 Å². The molecule has 1 aliphatic carbocycles. The largest absolute Gasteiger partial charge is 0.468 e. The standard InChI is InChI=1S/C24H26N2O3S/c1-14-21(24(28)29-4)23(20-6-5-11-30-20)22-18(25-14)12-16(13-19(22)27)15-7-9-17(10-8-15)26(2)3/h5-11,16,21,23H,12-13H2,1-4H3/t16-,21?,23-/m1/s1. The van der Waals surface area contributed by atoms with Crippen molar-refractivity contribution in [2.24, 2.45) is 10.9 Å². The molecule has 156 valence electrons. The van der Waals surface area contributed by atoms with Crippen LogP contribution in [0.15, 0.2) is 58.0 Å². The van der Waals surface area contributed by atoms with Gasteiger partial charge in [-0.05, 0) is 48.4 Å². The molecule has 1 aromatic heterocycles. The van der Waals surface area contributed by atoms with Crippen molar-refractivity contribution in [3.05, 3.63) is 63.5 Å². The Balaban J connectivity index is 1.73. The van der Waals surface area contributed by atoms with E-state index in [9.17, 15) is 9.59 Å². The zero-order valence-electron chi connectivity index (χ0n) is 17.7. The molecule has 1 unspecified atom stereocenters. The van der Waals surface area contributed by atoms with E-state index in [0.29, 0.717) is 18.4 Å². The number of hydrogen-bond donors (Lipinski definition) is 0. The number of esters is 1. The van der Waals surface area contributed by atoms with Crippen LogP contribution >= 0.6 is 11.3 Å². The van der Waals surface area contributed by atoms with Crippen molar-refractivity contribution in [3.63, 3.8) is 0 Å². The minimum Gasteiger partial charge on any atom is -0.468 e. The molecular formula is C24H26N2O3S. The highest BCUT2D eigenvalue weighted by atomic mass is 32.1. The summed E-state index contributed by atoms with van der Waals surface area (Å²) in [6.45, 7) is 1.87. The fourth-order valence-corrected chi connectivity index (χ4v) is 5.42. The van der Waals surface area contributed by atoms with Crippen LogP contribution in [0.5, 0.6) is 0 Å². The van der Waals surface area contributed by atoms with E-state index in [1.165, 1.54) is 7.11 Å². The SMILES string of the molecule is COC(=O)C1C(C)=NC2=C(C(=O)C[C@H](c3ccc(N(C)C)cc3)C2)[C@@H]1c1cccs1. The van der Waals surface area contributed by atoms with Gasteiger partial charge in [0.05, 0.1) is 7.11 Å². The van der Waals surface area contributed by atoms with Crippen LogP contribution in [0.2, 0.25) is 0 Å². The predicted octanol–water partition coefficient (Wildman–Crippen LogP) is 4.56. The summed E-state index contributed by atoms with van der Waals surface area (Å²) >= 11 is 1.57. The predicted molar refractivity (Wildman–Crippen MR) is 120 cm³/mol. The van der Waals surface area contributed by atoms with Gasteiger partial charge in [0, 0.05) is 54.0 Å². The molecule has 5 nitrogen and oxygen atoms in total. The summed E-state index contributed by atoms with van der Waals surface area (Å²) in [6.07, 6.45) is 1.14. The highest BCUT2D eigenvalue weighted by Crippen LogP contribution is 2.47. The van der Waals surface area contributed by atoms with Crippen LogP contribution in [-0.2, 0) is 14.3 Å². The lowest BCUT2D eigenvalue weighted by Crippen LogP contribution is -2.37. The molecule has 4 rings (SSSR count). The van der Waals surface area contributed by atoms with Gasteiger partial charge in [-0.3, -0.25) is 14.6 Å². The van der Waals surface area contributed by atoms with E-state index in [4.69, 9.17) is 9.73 Å². The molecule has 30 heavy (non-hydrogen) atoms. The molecule has 0 N–H and O–H groups in total. The molecule has 0 fully saturated rings. The maximum atomic E-state index is 13.4. The number of benzene rings is 1. The van der Waals surface area contributed by atoms with Gasteiger partial charge in [-0.15, -0.1) is 11.3 Å². The second-order valence-corrected chi connectivity index (χ2v) is 9.10. The van der Waals surface area contributed by atoms with E-state index >= 15 is 0 Å².